The summed E-state index contributed by atoms with van der Waals surface area (Å²) >= 11 is 0. The van der Waals surface area contributed by atoms with Crippen molar-refractivity contribution in [2.45, 2.75) is 25.9 Å². The summed E-state index contributed by atoms with van der Waals surface area (Å²) < 4.78 is 18.3. The molecule has 5 heteroatoms. The first-order valence-corrected chi connectivity index (χ1v) is 5.68. The summed E-state index contributed by atoms with van der Waals surface area (Å²) in [7, 11) is 3.23. The molecule has 0 saturated heterocycles. The minimum absolute atomic E-state index is 0.0646. The van der Waals surface area contributed by atoms with Crippen LogP contribution in [0.25, 0.3) is 0 Å². The smallest absolute Gasteiger partial charge is 0.304 e. The molecule has 0 saturated carbocycles. The highest BCUT2D eigenvalue weighted by Crippen LogP contribution is 2.19. The van der Waals surface area contributed by atoms with Gasteiger partial charge in [-0.1, -0.05) is 6.07 Å². The first kappa shape index (κ1) is 14.4. The Hall–Kier alpha value is -1.62. The highest BCUT2D eigenvalue weighted by atomic mass is 19.1. The molecule has 0 heterocycles. The average Bonchev–Trinajstić information content (AvgIpc) is 2.28. The van der Waals surface area contributed by atoms with E-state index < -0.39 is 11.8 Å². The maximum Gasteiger partial charge on any atom is 0.304 e. The molecule has 0 aliphatic rings. The summed E-state index contributed by atoms with van der Waals surface area (Å²) in [6, 6.07) is 4.64. The molecule has 0 aromatic heterocycles. The zero-order valence-corrected chi connectivity index (χ0v) is 10.8. The van der Waals surface area contributed by atoms with Crippen LogP contribution in [0.4, 0.5) is 4.39 Å². The number of rotatable bonds is 6. The Labute approximate surface area is 106 Å². The van der Waals surface area contributed by atoms with Crippen LogP contribution in [-0.2, 0) is 11.3 Å². The first-order chi connectivity index (χ1) is 8.43. The molecule has 0 bridgehead atoms. The third kappa shape index (κ3) is 4.00. The van der Waals surface area contributed by atoms with E-state index >= 15 is 0 Å². The van der Waals surface area contributed by atoms with E-state index in [9.17, 15) is 9.18 Å². The van der Waals surface area contributed by atoms with Crippen molar-refractivity contribution in [2.24, 2.45) is 0 Å². The van der Waals surface area contributed by atoms with Crippen LogP contribution in [0.3, 0.4) is 0 Å². The van der Waals surface area contributed by atoms with Gasteiger partial charge in [0, 0.05) is 12.6 Å². The van der Waals surface area contributed by atoms with Gasteiger partial charge in [-0.25, -0.2) is 4.39 Å². The second kappa shape index (κ2) is 6.35. The third-order valence-corrected chi connectivity index (χ3v) is 2.87. The van der Waals surface area contributed by atoms with Gasteiger partial charge in [-0.15, -0.1) is 0 Å². The van der Waals surface area contributed by atoms with Crippen molar-refractivity contribution in [1.29, 1.82) is 0 Å². The number of hydrogen-bond donors (Lipinski definition) is 1. The van der Waals surface area contributed by atoms with Gasteiger partial charge < -0.3 is 9.84 Å². The van der Waals surface area contributed by atoms with Gasteiger partial charge in [0.15, 0.2) is 11.6 Å². The number of hydrogen-bond acceptors (Lipinski definition) is 3. The van der Waals surface area contributed by atoms with Crippen LogP contribution in [0.1, 0.15) is 18.9 Å². The molecule has 1 atom stereocenters. The van der Waals surface area contributed by atoms with Crippen LogP contribution in [0.2, 0.25) is 0 Å². The molecule has 1 rings (SSSR count). The first-order valence-electron chi connectivity index (χ1n) is 5.68. The van der Waals surface area contributed by atoms with Crippen molar-refractivity contribution in [3.8, 4) is 5.75 Å². The molecule has 0 amide bonds. The lowest BCUT2D eigenvalue weighted by Gasteiger charge is -2.23. The Bertz CT molecular complexity index is 423. The summed E-state index contributed by atoms with van der Waals surface area (Å²) in [6.07, 6.45) is 0.0646. The topological polar surface area (TPSA) is 49.8 Å². The monoisotopic (exact) mass is 255 g/mol. The molecule has 0 aliphatic carbocycles. The molecule has 1 unspecified atom stereocenters. The molecule has 1 aromatic carbocycles. The fourth-order valence-corrected chi connectivity index (χ4v) is 1.66. The second-order valence-corrected chi connectivity index (χ2v) is 4.33. The molecule has 0 fully saturated rings. The van der Waals surface area contributed by atoms with E-state index in [1.807, 2.05) is 18.9 Å². The largest absolute Gasteiger partial charge is 0.494 e. The fourth-order valence-electron chi connectivity index (χ4n) is 1.66. The predicted molar refractivity (Wildman–Crippen MR) is 66.1 cm³/mol. The van der Waals surface area contributed by atoms with Gasteiger partial charge in [-0.3, -0.25) is 9.69 Å². The highest BCUT2D eigenvalue weighted by molar-refractivity contribution is 5.67. The van der Waals surface area contributed by atoms with Crippen molar-refractivity contribution in [3.05, 3.63) is 29.6 Å². The van der Waals surface area contributed by atoms with Gasteiger partial charge >= 0.3 is 5.97 Å². The van der Waals surface area contributed by atoms with Crippen molar-refractivity contribution < 1.29 is 19.0 Å². The molecule has 100 valence electrons. The van der Waals surface area contributed by atoms with E-state index in [-0.39, 0.29) is 18.2 Å². The van der Waals surface area contributed by atoms with Gasteiger partial charge in [-0.05, 0) is 31.7 Å². The van der Waals surface area contributed by atoms with Crippen LogP contribution in [0.5, 0.6) is 5.75 Å². The normalized spacial score (nSPS) is 12.5. The Balaban J connectivity index is 2.67. The molecule has 18 heavy (non-hydrogen) atoms. The zero-order chi connectivity index (χ0) is 13.7. The summed E-state index contributed by atoms with van der Waals surface area (Å²) in [6.45, 7) is 2.32. The minimum atomic E-state index is -0.838. The lowest BCUT2D eigenvalue weighted by molar-refractivity contribution is -0.138. The van der Waals surface area contributed by atoms with Crippen LogP contribution in [-0.4, -0.2) is 36.2 Å². The highest BCUT2D eigenvalue weighted by Gasteiger charge is 2.14. The lowest BCUT2D eigenvalue weighted by atomic mass is 10.1. The Morgan fingerprint density at radius 2 is 2.22 bits per heavy atom. The van der Waals surface area contributed by atoms with Crippen LogP contribution in [0.15, 0.2) is 18.2 Å². The van der Waals surface area contributed by atoms with E-state index in [1.54, 1.807) is 12.1 Å². The summed E-state index contributed by atoms with van der Waals surface area (Å²) in [5.74, 6) is -1.04. The average molecular weight is 255 g/mol. The van der Waals surface area contributed by atoms with E-state index in [0.717, 1.165) is 5.56 Å². The third-order valence-electron chi connectivity index (χ3n) is 2.87. The van der Waals surface area contributed by atoms with Crippen molar-refractivity contribution in [3.63, 3.8) is 0 Å². The summed E-state index contributed by atoms with van der Waals surface area (Å²) in [5.41, 5.74) is 0.785. The molecular weight excluding hydrogens is 237 g/mol. The summed E-state index contributed by atoms with van der Waals surface area (Å²) in [4.78, 5) is 12.5. The predicted octanol–water partition coefficient (Wildman–Crippen LogP) is 2.13. The van der Waals surface area contributed by atoms with Crippen LogP contribution >= 0.6 is 0 Å². The maximum atomic E-state index is 13.5. The second-order valence-electron chi connectivity index (χ2n) is 4.33. The van der Waals surface area contributed by atoms with Crippen molar-refractivity contribution in [2.75, 3.05) is 14.2 Å². The zero-order valence-electron chi connectivity index (χ0n) is 10.8. The van der Waals surface area contributed by atoms with Gasteiger partial charge in [0.05, 0.1) is 13.5 Å². The van der Waals surface area contributed by atoms with Gasteiger partial charge in [0.2, 0.25) is 0 Å². The van der Waals surface area contributed by atoms with E-state index in [4.69, 9.17) is 9.84 Å². The molecule has 0 spiro atoms. The Morgan fingerprint density at radius 1 is 1.56 bits per heavy atom. The minimum Gasteiger partial charge on any atom is -0.494 e. The number of halogens is 1. The van der Waals surface area contributed by atoms with Gasteiger partial charge in [-0.2, -0.15) is 0 Å². The van der Waals surface area contributed by atoms with E-state index in [0.29, 0.717) is 6.54 Å². The van der Waals surface area contributed by atoms with Gasteiger partial charge in [0.1, 0.15) is 0 Å². The number of ether oxygens (including phenoxy) is 1. The van der Waals surface area contributed by atoms with Gasteiger partial charge in [0.25, 0.3) is 0 Å². The maximum absolute atomic E-state index is 13.5. The number of benzene rings is 1. The molecule has 4 nitrogen and oxygen atoms in total. The number of carboxylic acids is 1. The quantitative estimate of drug-likeness (QED) is 0.846. The standard InChI is InChI=1S/C13H18FNO3/c1-9(6-13(16)17)15(2)8-10-4-5-12(18-3)11(14)7-10/h4-5,7,9H,6,8H2,1-3H3,(H,16,17). The number of carboxylic acid groups (broad SMARTS) is 1. The molecular formula is C13H18FNO3. The van der Waals surface area contributed by atoms with E-state index in [1.165, 1.54) is 13.2 Å². The number of carbonyl (C=O) groups is 1. The number of nitrogens with zero attached hydrogens (tertiary/aromatic N) is 1. The van der Waals surface area contributed by atoms with Crippen molar-refractivity contribution in [1.82, 2.24) is 4.90 Å². The fraction of sp³-hybridized carbons (Fsp3) is 0.462. The Kier molecular flexibility index (Phi) is 5.09. The van der Waals surface area contributed by atoms with Crippen LogP contribution < -0.4 is 4.74 Å². The molecule has 0 radical (unpaired) electrons. The molecule has 0 aliphatic heterocycles. The molecule has 1 aromatic rings. The number of aliphatic carboxylic acids is 1. The Morgan fingerprint density at radius 3 is 2.72 bits per heavy atom. The van der Waals surface area contributed by atoms with Crippen LogP contribution in [0, 0.1) is 5.82 Å². The SMILES string of the molecule is COc1ccc(CN(C)C(C)CC(=O)O)cc1F. The molecule has 1 N–H and O–H groups in total. The van der Waals surface area contributed by atoms with E-state index in [2.05, 4.69) is 0 Å². The summed E-state index contributed by atoms with van der Waals surface area (Å²) in [5, 5.41) is 8.71. The van der Waals surface area contributed by atoms with Crippen molar-refractivity contribution >= 4 is 5.97 Å². The number of methoxy groups -OCH3 is 1. The lowest BCUT2D eigenvalue weighted by Crippen LogP contribution is -2.30.